The maximum Gasteiger partial charge on any atom is 0.165 e. The van der Waals surface area contributed by atoms with Crippen molar-refractivity contribution in [3.8, 4) is 0 Å². The maximum absolute atomic E-state index is 6.43. The van der Waals surface area contributed by atoms with Crippen molar-refractivity contribution in [3.63, 3.8) is 0 Å². The van der Waals surface area contributed by atoms with Gasteiger partial charge in [0.1, 0.15) is 5.82 Å². The first kappa shape index (κ1) is 23.1. The molecule has 0 saturated heterocycles. The standard InChI is InChI=1S/C27H36N6/c1-27(15-12-20(13-16-27)19-8-4-2-5-9-19)31-17-14-22(21-10-6-3-7-11-21)23-18-24(28)32-26(33-30)25(23)29/h2-11,18,20,22,31H,12-17,29-30H2,1H3,(H3,28,32,33). The molecule has 4 rings (SSSR count). The van der Waals surface area contributed by atoms with Crippen molar-refractivity contribution in [2.75, 3.05) is 23.4 Å². The number of pyridine rings is 1. The smallest absolute Gasteiger partial charge is 0.165 e. The van der Waals surface area contributed by atoms with Crippen molar-refractivity contribution < 1.29 is 0 Å². The number of anilines is 3. The third kappa shape index (κ3) is 5.46. The minimum absolute atomic E-state index is 0.0976. The highest BCUT2D eigenvalue weighted by molar-refractivity contribution is 5.70. The van der Waals surface area contributed by atoms with Crippen molar-refractivity contribution in [2.45, 2.75) is 56.4 Å². The molecule has 1 heterocycles. The molecule has 174 valence electrons. The Balaban J connectivity index is 1.45. The fourth-order valence-corrected chi connectivity index (χ4v) is 5.19. The fourth-order valence-electron chi connectivity index (χ4n) is 5.19. The normalized spacial score (nSPS) is 21.5. The summed E-state index contributed by atoms with van der Waals surface area (Å²) in [6.07, 6.45) is 5.69. The molecule has 6 heteroatoms. The summed E-state index contributed by atoms with van der Waals surface area (Å²) in [5.41, 5.74) is 19.4. The Morgan fingerprint density at radius 2 is 1.64 bits per heavy atom. The van der Waals surface area contributed by atoms with Gasteiger partial charge in [-0.3, -0.25) is 0 Å². The summed E-state index contributed by atoms with van der Waals surface area (Å²) < 4.78 is 0. The molecule has 8 N–H and O–H groups in total. The van der Waals surface area contributed by atoms with Gasteiger partial charge in [-0.25, -0.2) is 10.8 Å². The Labute approximate surface area is 196 Å². The van der Waals surface area contributed by atoms with Crippen molar-refractivity contribution in [1.82, 2.24) is 10.3 Å². The number of hydrogen-bond acceptors (Lipinski definition) is 6. The number of nitrogens with two attached hydrogens (primary N) is 3. The van der Waals surface area contributed by atoms with Gasteiger partial charge in [0, 0.05) is 11.5 Å². The molecule has 1 atom stereocenters. The van der Waals surface area contributed by atoms with Crippen molar-refractivity contribution in [1.29, 1.82) is 0 Å². The van der Waals surface area contributed by atoms with Crippen molar-refractivity contribution >= 4 is 17.3 Å². The van der Waals surface area contributed by atoms with Gasteiger partial charge in [0.05, 0.1) is 5.69 Å². The van der Waals surface area contributed by atoms with Crippen LogP contribution in [0.2, 0.25) is 0 Å². The molecule has 1 saturated carbocycles. The van der Waals surface area contributed by atoms with Gasteiger partial charge in [0.2, 0.25) is 0 Å². The number of rotatable bonds is 8. The Hall–Kier alpha value is -3.09. The third-order valence-electron chi connectivity index (χ3n) is 7.17. The molecule has 1 aromatic heterocycles. The van der Waals surface area contributed by atoms with Gasteiger partial charge in [-0.2, -0.15) is 0 Å². The zero-order chi connectivity index (χ0) is 23.3. The zero-order valence-electron chi connectivity index (χ0n) is 19.4. The van der Waals surface area contributed by atoms with E-state index in [0.717, 1.165) is 18.5 Å². The first-order valence-electron chi connectivity index (χ1n) is 11.9. The van der Waals surface area contributed by atoms with Gasteiger partial charge >= 0.3 is 0 Å². The summed E-state index contributed by atoms with van der Waals surface area (Å²) in [6, 6.07) is 23.2. The molecule has 1 unspecified atom stereocenters. The summed E-state index contributed by atoms with van der Waals surface area (Å²) >= 11 is 0. The molecule has 3 aromatic rings. The van der Waals surface area contributed by atoms with E-state index in [0.29, 0.717) is 23.2 Å². The molecular weight excluding hydrogens is 408 g/mol. The molecule has 0 amide bonds. The molecule has 2 aromatic carbocycles. The minimum Gasteiger partial charge on any atom is -0.395 e. The third-order valence-corrected chi connectivity index (χ3v) is 7.17. The number of benzene rings is 2. The fraction of sp³-hybridized carbons (Fsp3) is 0.370. The molecular formula is C27H36N6. The molecule has 1 aliphatic rings. The molecule has 1 aliphatic carbocycles. The van der Waals surface area contributed by atoms with Crippen LogP contribution in [0.25, 0.3) is 0 Å². The lowest BCUT2D eigenvalue weighted by molar-refractivity contribution is 0.235. The van der Waals surface area contributed by atoms with Crippen LogP contribution in [0.1, 0.15) is 67.6 Å². The van der Waals surface area contributed by atoms with Crippen LogP contribution in [0.15, 0.2) is 66.7 Å². The van der Waals surface area contributed by atoms with Gasteiger partial charge in [-0.1, -0.05) is 60.7 Å². The van der Waals surface area contributed by atoms with Crippen LogP contribution in [0.4, 0.5) is 17.3 Å². The van der Waals surface area contributed by atoms with Crippen LogP contribution in [0, 0.1) is 0 Å². The van der Waals surface area contributed by atoms with Gasteiger partial charge in [0.25, 0.3) is 0 Å². The Morgan fingerprint density at radius 3 is 2.27 bits per heavy atom. The van der Waals surface area contributed by atoms with E-state index in [4.69, 9.17) is 17.3 Å². The molecule has 0 bridgehead atoms. The molecule has 33 heavy (non-hydrogen) atoms. The van der Waals surface area contributed by atoms with E-state index in [1.54, 1.807) is 0 Å². The number of nitrogens with zero attached hydrogens (tertiary/aromatic N) is 1. The summed E-state index contributed by atoms with van der Waals surface area (Å²) in [7, 11) is 0. The lowest BCUT2D eigenvalue weighted by Gasteiger charge is -2.39. The van der Waals surface area contributed by atoms with Crippen molar-refractivity contribution in [3.05, 3.63) is 83.4 Å². The summed E-state index contributed by atoms with van der Waals surface area (Å²) in [5, 5.41) is 3.87. The number of nitrogens with one attached hydrogen (secondary N) is 2. The van der Waals surface area contributed by atoms with Crippen molar-refractivity contribution in [2.24, 2.45) is 5.84 Å². The highest BCUT2D eigenvalue weighted by Crippen LogP contribution is 2.39. The highest BCUT2D eigenvalue weighted by atomic mass is 15.3. The second kappa shape index (κ2) is 10.2. The van der Waals surface area contributed by atoms with Crippen LogP contribution in [-0.2, 0) is 0 Å². The lowest BCUT2D eigenvalue weighted by atomic mass is 9.75. The van der Waals surface area contributed by atoms with Crippen LogP contribution < -0.4 is 28.1 Å². The summed E-state index contributed by atoms with van der Waals surface area (Å²) in [5.74, 6) is 7.23. The summed E-state index contributed by atoms with van der Waals surface area (Å²) in [4.78, 5) is 4.23. The molecule has 6 nitrogen and oxygen atoms in total. The number of nitrogen functional groups attached to an aromatic ring is 3. The average Bonchev–Trinajstić information content (AvgIpc) is 2.85. The van der Waals surface area contributed by atoms with Gasteiger partial charge < -0.3 is 22.2 Å². The van der Waals surface area contributed by atoms with E-state index in [1.165, 1.54) is 36.8 Å². The largest absolute Gasteiger partial charge is 0.395 e. The van der Waals surface area contributed by atoms with Gasteiger partial charge in [0.15, 0.2) is 5.82 Å². The van der Waals surface area contributed by atoms with Crippen LogP contribution in [0.5, 0.6) is 0 Å². The monoisotopic (exact) mass is 444 g/mol. The molecule has 0 aliphatic heterocycles. The van der Waals surface area contributed by atoms with E-state index in [-0.39, 0.29) is 11.5 Å². The Kier molecular flexibility index (Phi) is 7.16. The van der Waals surface area contributed by atoms with E-state index < -0.39 is 0 Å². The number of hydrazine groups is 1. The zero-order valence-corrected chi connectivity index (χ0v) is 19.4. The summed E-state index contributed by atoms with van der Waals surface area (Å²) in [6.45, 7) is 3.25. The second-order valence-electron chi connectivity index (χ2n) is 9.47. The van der Waals surface area contributed by atoms with Gasteiger partial charge in [-0.05, 0) is 74.2 Å². The number of hydrogen-bond donors (Lipinski definition) is 5. The van der Waals surface area contributed by atoms with Gasteiger partial charge in [-0.15, -0.1) is 0 Å². The second-order valence-corrected chi connectivity index (χ2v) is 9.47. The molecule has 0 spiro atoms. The Bertz CT molecular complexity index is 1030. The van der Waals surface area contributed by atoms with E-state index in [2.05, 4.69) is 77.2 Å². The quantitative estimate of drug-likeness (QED) is 0.253. The van der Waals surface area contributed by atoms with Crippen LogP contribution in [0.3, 0.4) is 0 Å². The lowest BCUT2D eigenvalue weighted by Crippen LogP contribution is -2.45. The minimum atomic E-state index is 0.0976. The predicted octanol–water partition coefficient (Wildman–Crippen LogP) is 4.76. The van der Waals surface area contributed by atoms with Crippen LogP contribution >= 0.6 is 0 Å². The van der Waals surface area contributed by atoms with E-state index >= 15 is 0 Å². The number of aromatic nitrogens is 1. The molecule has 0 radical (unpaired) electrons. The maximum atomic E-state index is 6.43. The SMILES string of the molecule is CC1(NCCC(c2ccccc2)c2cc(N)nc(NN)c2N)CCC(c2ccccc2)CC1. The topological polar surface area (TPSA) is 115 Å². The Morgan fingerprint density at radius 1 is 1.00 bits per heavy atom. The average molecular weight is 445 g/mol. The first-order chi connectivity index (χ1) is 16.0. The molecule has 1 fully saturated rings. The van der Waals surface area contributed by atoms with E-state index in [9.17, 15) is 0 Å². The van der Waals surface area contributed by atoms with E-state index in [1.807, 2.05) is 12.1 Å². The highest BCUT2D eigenvalue weighted by Gasteiger charge is 2.31. The van der Waals surface area contributed by atoms with Crippen LogP contribution in [-0.4, -0.2) is 17.1 Å². The predicted molar refractivity (Wildman–Crippen MR) is 138 cm³/mol. The first-order valence-corrected chi connectivity index (χ1v) is 11.9.